The summed E-state index contributed by atoms with van der Waals surface area (Å²) in [4.78, 5) is 16.2. The zero-order valence-corrected chi connectivity index (χ0v) is 16.4. The molecule has 6 heteroatoms. The minimum atomic E-state index is -0.184. The summed E-state index contributed by atoms with van der Waals surface area (Å²) in [7, 11) is 0. The van der Waals surface area contributed by atoms with Crippen molar-refractivity contribution < 1.29 is 4.79 Å². The summed E-state index contributed by atoms with van der Waals surface area (Å²) in [6.45, 7) is 3.46. The van der Waals surface area contributed by atoms with E-state index in [-0.39, 0.29) is 5.91 Å². The number of hydrogen-bond acceptors (Lipinski definition) is 4. The monoisotopic (exact) mass is 393 g/mol. The molecule has 0 radical (unpaired) electrons. The number of halogens is 1. The first kappa shape index (κ1) is 18.8. The zero-order valence-electron chi connectivity index (χ0n) is 14.8. The van der Waals surface area contributed by atoms with Gasteiger partial charge in [-0.3, -0.25) is 4.79 Å². The van der Waals surface area contributed by atoms with E-state index in [2.05, 4.69) is 16.4 Å². The molecule has 2 aromatic carbocycles. The van der Waals surface area contributed by atoms with Crippen molar-refractivity contribution in [2.45, 2.75) is 13.8 Å². The van der Waals surface area contributed by atoms with Crippen molar-refractivity contribution in [1.29, 1.82) is 5.26 Å². The molecule has 1 aromatic heterocycles. The van der Waals surface area contributed by atoms with E-state index in [4.69, 9.17) is 11.6 Å². The van der Waals surface area contributed by atoms with Gasteiger partial charge in [0.15, 0.2) is 0 Å². The van der Waals surface area contributed by atoms with Gasteiger partial charge in [-0.2, -0.15) is 5.26 Å². The van der Waals surface area contributed by atoms with Gasteiger partial charge in [-0.1, -0.05) is 64.9 Å². The molecule has 27 heavy (non-hydrogen) atoms. The van der Waals surface area contributed by atoms with Crippen molar-refractivity contribution in [3.8, 4) is 17.3 Å². The largest absolute Gasteiger partial charge is 0.316 e. The van der Waals surface area contributed by atoms with E-state index in [9.17, 15) is 10.1 Å². The molecule has 0 spiro atoms. The van der Waals surface area contributed by atoms with Crippen molar-refractivity contribution in [3.05, 3.63) is 69.7 Å². The summed E-state index contributed by atoms with van der Waals surface area (Å²) in [6.07, 6.45) is 1.74. The Morgan fingerprint density at radius 2 is 2.00 bits per heavy atom. The van der Waals surface area contributed by atoms with Crippen LogP contribution in [0.5, 0.6) is 0 Å². The fourth-order valence-electron chi connectivity index (χ4n) is 2.49. The van der Waals surface area contributed by atoms with E-state index in [1.807, 2.05) is 43.3 Å². The van der Waals surface area contributed by atoms with Gasteiger partial charge in [0, 0.05) is 17.5 Å². The molecule has 1 heterocycles. The number of allylic oxidation sites excluding steroid dienone is 1. The molecule has 0 fully saturated rings. The van der Waals surface area contributed by atoms with E-state index in [0.29, 0.717) is 26.3 Å². The topological polar surface area (TPSA) is 65.8 Å². The third kappa shape index (κ3) is 4.62. The first-order valence-electron chi connectivity index (χ1n) is 8.19. The van der Waals surface area contributed by atoms with Crippen LogP contribution in [0.25, 0.3) is 22.9 Å². The van der Waals surface area contributed by atoms with Gasteiger partial charge in [-0.25, -0.2) is 4.98 Å². The number of carbonyl (C=O) groups excluding carboxylic acids is 1. The van der Waals surface area contributed by atoms with E-state index in [0.717, 1.165) is 16.7 Å². The number of benzene rings is 2. The molecule has 0 aliphatic carbocycles. The van der Waals surface area contributed by atoms with Crippen molar-refractivity contribution >= 4 is 45.5 Å². The molecular formula is C21H16ClN3OS. The van der Waals surface area contributed by atoms with E-state index in [1.165, 1.54) is 18.3 Å². The van der Waals surface area contributed by atoms with Crippen LogP contribution in [0.4, 0.5) is 5.00 Å². The van der Waals surface area contributed by atoms with Crippen LogP contribution in [-0.4, -0.2) is 10.9 Å². The highest BCUT2D eigenvalue weighted by atomic mass is 35.5. The molecule has 1 amide bonds. The van der Waals surface area contributed by atoms with Gasteiger partial charge in [0.05, 0.1) is 5.57 Å². The molecular weight excluding hydrogens is 378 g/mol. The molecule has 0 bridgehead atoms. The van der Waals surface area contributed by atoms with Gasteiger partial charge < -0.3 is 5.32 Å². The second-order valence-corrected chi connectivity index (χ2v) is 7.40. The maximum atomic E-state index is 11.6. The normalized spacial score (nSPS) is 11.1. The lowest BCUT2D eigenvalue weighted by Gasteiger charge is -2.03. The van der Waals surface area contributed by atoms with Crippen LogP contribution in [0.15, 0.2) is 48.5 Å². The highest BCUT2D eigenvalue weighted by Crippen LogP contribution is 2.36. The molecule has 1 N–H and O–H groups in total. The Hall–Kier alpha value is -2.94. The smallest absolute Gasteiger partial charge is 0.221 e. The second-order valence-electron chi connectivity index (χ2n) is 5.97. The predicted octanol–water partition coefficient (Wildman–Crippen LogP) is 5.79. The molecule has 0 saturated heterocycles. The standard InChI is InChI=1S/C21H16ClN3OS/c1-13-6-8-16(9-7-13)19-21(24-14(2)26)27-20(25-19)17(12-23)10-15-4-3-5-18(22)11-15/h3-11H,1-2H3,(H,24,26). The lowest BCUT2D eigenvalue weighted by atomic mass is 10.1. The van der Waals surface area contributed by atoms with Crippen molar-refractivity contribution in [3.63, 3.8) is 0 Å². The summed E-state index contributed by atoms with van der Waals surface area (Å²) >= 11 is 7.30. The summed E-state index contributed by atoms with van der Waals surface area (Å²) in [6, 6.07) is 17.3. The Balaban J connectivity index is 2.08. The van der Waals surface area contributed by atoms with Crippen LogP contribution in [-0.2, 0) is 4.79 Å². The first-order chi connectivity index (χ1) is 13.0. The van der Waals surface area contributed by atoms with Crippen LogP contribution in [0.2, 0.25) is 5.02 Å². The molecule has 3 aromatic rings. The number of nitrogens with one attached hydrogen (secondary N) is 1. The second kappa shape index (κ2) is 8.17. The number of nitrogens with zero attached hydrogens (tertiary/aromatic N) is 2. The number of carbonyl (C=O) groups is 1. The zero-order chi connectivity index (χ0) is 19.4. The van der Waals surface area contributed by atoms with Crippen molar-refractivity contribution in [1.82, 2.24) is 4.98 Å². The Bertz CT molecular complexity index is 1060. The first-order valence-corrected chi connectivity index (χ1v) is 9.39. The molecule has 4 nitrogen and oxygen atoms in total. The summed E-state index contributed by atoms with van der Waals surface area (Å²) in [5.74, 6) is -0.184. The molecule has 0 unspecified atom stereocenters. The maximum Gasteiger partial charge on any atom is 0.221 e. The lowest BCUT2D eigenvalue weighted by Crippen LogP contribution is -2.05. The van der Waals surface area contributed by atoms with Gasteiger partial charge >= 0.3 is 0 Å². The molecule has 3 rings (SSSR count). The quantitative estimate of drug-likeness (QED) is 0.570. The molecule has 134 valence electrons. The third-order valence-corrected chi connectivity index (χ3v) is 4.99. The van der Waals surface area contributed by atoms with Crippen molar-refractivity contribution in [2.75, 3.05) is 5.32 Å². The average Bonchev–Trinajstić information content (AvgIpc) is 3.03. The van der Waals surface area contributed by atoms with E-state index in [1.54, 1.807) is 18.2 Å². The SMILES string of the molecule is CC(=O)Nc1sc(C(C#N)=Cc2cccc(Cl)c2)nc1-c1ccc(C)cc1. The number of hydrogen-bond donors (Lipinski definition) is 1. The maximum absolute atomic E-state index is 11.6. The fourth-order valence-corrected chi connectivity index (χ4v) is 3.69. The highest BCUT2D eigenvalue weighted by molar-refractivity contribution is 7.17. The van der Waals surface area contributed by atoms with Crippen LogP contribution in [0.3, 0.4) is 0 Å². The van der Waals surface area contributed by atoms with Gasteiger partial charge in [0.1, 0.15) is 21.8 Å². The number of aromatic nitrogens is 1. The fraction of sp³-hybridized carbons (Fsp3) is 0.0952. The van der Waals surface area contributed by atoms with Crippen LogP contribution in [0, 0.1) is 18.3 Å². The van der Waals surface area contributed by atoms with Gasteiger partial charge in [0.25, 0.3) is 0 Å². The van der Waals surface area contributed by atoms with E-state index >= 15 is 0 Å². The number of anilines is 1. The van der Waals surface area contributed by atoms with Gasteiger partial charge in [-0.05, 0) is 30.7 Å². The van der Waals surface area contributed by atoms with E-state index < -0.39 is 0 Å². The Morgan fingerprint density at radius 1 is 1.26 bits per heavy atom. The van der Waals surface area contributed by atoms with Crippen molar-refractivity contribution in [2.24, 2.45) is 0 Å². The molecule has 0 atom stereocenters. The van der Waals surface area contributed by atoms with Crippen LogP contribution < -0.4 is 5.32 Å². The number of amides is 1. The number of rotatable bonds is 4. The lowest BCUT2D eigenvalue weighted by molar-refractivity contribution is -0.114. The third-order valence-electron chi connectivity index (χ3n) is 3.75. The molecule has 0 saturated carbocycles. The Morgan fingerprint density at radius 3 is 2.63 bits per heavy atom. The summed E-state index contributed by atoms with van der Waals surface area (Å²) < 4.78 is 0. The number of aryl methyl sites for hydroxylation is 1. The Labute approximate surface area is 166 Å². The summed E-state index contributed by atoms with van der Waals surface area (Å²) in [5.41, 5.74) is 3.89. The highest BCUT2D eigenvalue weighted by Gasteiger charge is 2.17. The Kier molecular flexibility index (Phi) is 5.70. The minimum absolute atomic E-state index is 0.184. The molecule has 0 aliphatic heterocycles. The number of nitriles is 1. The van der Waals surface area contributed by atoms with Crippen LogP contribution >= 0.6 is 22.9 Å². The molecule has 0 aliphatic rings. The predicted molar refractivity (Wildman–Crippen MR) is 112 cm³/mol. The van der Waals surface area contributed by atoms with Gasteiger partial charge in [-0.15, -0.1) is 0 Å². The van der Waals surface area contributed by atoms with Crippen LogP contribution in [0.1, 0.15) is 23.1 Å². The summed E-state index contributed by atoms with van der Waals surface area (Å²) in [5, 5.41) is 14.2. The average molecular weight is 394 g/mol. The number of thiazole rings is 1. The van der Waals surface area contributed by atoms with Gasteiger partial charge in [0.2, 0.25) is 5.91 Å². The minimum Gasteiger partial charge on any atom is -0.316 e.